The molecule has 2 heterocycles. The molecule has 3 N–H and O–H groups in total. The van der Waals surface area contributed by atoms with Crippen molar-refractivity contribution in [3.63, 3.8) is 0 Å². The van der Waals surface area contributed by atoms with Gasteiger partial charge in [-0.2, -0.15) is 18.3 Å². The minimum Gasteiger partial charge on any atom is -0.343 e. The highest BCUT2D eigenvalue weighted by Gasteiger charge is 2.31. The molecule has 0 aliphatic heterocycles. The summed E-state index contributed by atoms with van der Waals surface area (Å²) in [6.45, 7) is 1.92. The van der Waals surface area contributed by atoms with Crippen molar-refractivity contribution in [3.8, 4) is 11.3 Å². The van der Waals surface area contributed by atoms with Gasteiger partial charge >= 0.3 is 6.18 Å². The zero-order chi connectivity index (χ0) is 22.1. The number of nitrogens with one attached hydrogen (secondary N) is 1. The molecule has 5 nitrogen and oxygen atoms in total. The van der Waals surface area contributed by atoms with E-state index in [1.54, 1.807) is 17.8 Å². The Kier molecular flexibility index (Phi) is 6.54. The summed E-state index contributed by atoms with van der Waals surface area (Å²) in [7, 11) is 1.76. The first-order chi connectivity index (χ1) is 14.2. The lowest BCUT2D eigenvalue weighted by atomic mass is 10.0. The van der Waals surface area contributed by atoms with E-state index in [0.717, 1.165) is 22.6 Å². The highest BCUT2D eigenvalue weighted by atomic mass is 35.5. The summed E-state index contributed by atoms with van der Waals surface area (Å²) < 4.78 is 40.7. The molecular weight excluding hydrogens is 437 g/mol. The second-order valence-electron chi connectivity index (χ2n) is 6.65. The average molecular weight is 457 g/mol. The van der Waals surface area contributed by atoms with Crippen molar-refractivity contribution < 1.29 is 18.0 Å². The molecule has 1 unspecified atom stereocenters. The van der Waals surface area contributed by atoms with Crippen molar-refractivity contribution >= 4 is 28.8 Å². The Morgan fingerprint density at radius 3 is 2.67 bits per heavy atom. The molecule has 0 bridgehead atoms. The number of alkyl halides is 3. The minimum atomic E-state index is -4.47. The van der Waals surface area contributed by atoms with Crippen molar-refractivity contribution in [2.24, 2.45) is 12.8 Å². The predicted octanol–water partition coefficient (Wildman–Crippen LogP) is 4.81. The maximum atomic E-state index is 13.0. The van der Waals surface area contributed by atoms with Crippen LogP contribution in [0.25, 0.3) is 11.3 Å². The molecule has 0 fully saturated rings. The van der Waals surface area contributed by atoms with Crippen molar-refractivity contribution in [2.75, 3.05) is 6.54 Å². The van der Waals surface area contributed by atoms with Gasteiger partial charge in [-0.15, -0.1) is 11.3 Å². The number of aromatic nitrogens is 2. The van der Waals surface area contributed by atoms with E-state index in [-0.39, 0.29) is 6.54 Å². The van der Waals surface area contributed by atoms with Gasteiger partial charge in [0.1, 0.15) is 0 Å². The van der Waals surface area contributed by atoms with E-state index < -0.39 is 23.7 Å². The third-order valence-corrected chi connectivity index (χ3v) is 6.22. The molecule has 10 heteroatoms. The molecular formula is C20H20ClF3N4OS. The number of benzene rings is 1. The second kappa shape index (κ2) is 8.79. The smallest absolute Gasteiger partial charge is 0.343 e. The first-order valence-electron chi connectivity index (χ1n) is 9.14. The number of nitrogens with zero attached hydrogens (tertiary/aromatic N) is 2. The fourth-order valence-corrected chi connectivity index (χ4v) is 4.43. The van der Waals surface area contributed by atoms with Crippen LogP contribution in [0.2, 0.25) is 5.02 Å². The summed E-state index contributed by atoms with van der Waals surface area (Å²) in [4.78, 5) is 14.2. The van der Waals surface area contributed by atoms with Gasteiger partial charge in [0, 0.05) is 24.0 Å². The van der Waals surface area contributed by atoms with Gasteiger partial charge in [0.15, 0.2) is 0 Å². The molecule has 1 aromatic carbocycles. The molecule has 2 aromatic heterocycles. The number of aryl methyl sites for hydroxylation is 2. The summed E-state index contributed by atoms with van der Waals surface area (Å²) in [6.07, 6.45) is -2.26. The molecule has 3 rings (SSSR count). The molecule has 0 aliphatic carbocycles. The van der Waals surface area contributed by atoms with E-state index in [1.165, 1.54) is 29.7 Å². The Hall–Kier alpha value is -2.36. The number of amides is 1. The van der Waals surface area contributed by atoms with Gasteiger partial charge in [0.2, 0.25) is 0 Å². The van der Waals surface area contributed by atoms with Crippen LogP contribution in [-0.4, -0.2) is 22.2 Å². The average Bonchev–Trinajstić information content (AvgIpc) is 3.27. The number of hydrogen-bond donors (Lipinski definition) is 2. The van der Waals surface area contributed by atoms with Crippen LogP contribution in [-0.2, 0) is 19.6 Å². The Morgan fingerprint density at radius 2 is 2.10 bits per heavy atom. The highest BCUT2D eigenvalue weighted by Crippen LogP contribution is 2.36. The van der Waals surface area contributed by atoms with Gasteiger partial charge in [-0.25, -0.2) is 0 Å². The highest BCUT2D eigenvalue weighted by molar-refractivity contribution is 7.14. The van der Waals surface area contributed by atoms with E-state index in [1.807, 2.05) is 6.92 Å². The Morgan fingerprint density at radius 1 is 1.37 bits per heavy atom. The lowest BCUT2D eigenvalue weighted by Crippen LogP contribution is -2.33. The third-order valence-electron chi connectivity index (χ3n) is 4.66. The molecule has 160 valence electrons. The Balaban J connectivity index is 1.88. The topological polar surface area (TPSA) is 72.9 Å². The second-order valence-corrected chi connectivity index (χ2v) is 8.19. The van der Waals surface area contributed by atoms with Gasteiger partial charge < -0.3 is 11.1 Å². The minimum absolute atomic E-state index is 0.0422. The van der Waals surface area contributed by atoms with E-state index >= 15 is 0 Å². The van der Waals surface area contributed by atoms with Gasteiger partial charge in [0.05, 0.1) is 33.4 Å². The summed E-state index contributed by atoms with van der Waals surface area (Å²) in [5.41, 5.74) is 6.77. The van der Waals surface area contributed by atoms with Gasteiger partial charge in [-0.3, -0.25) is 9.48 Å². The molecule has 0 radical (unpaired) electrons. The van der Waals surface area contributed by atoms with Crippen molar-refractivity contribution in [1.82, 2.24) is 15.1 Å². The maximum Gasteiger partial charge on any atom is 0.416 e. The van der Waals surface area contributed by atoms with Crippen LogP contribution in [0, 0.1) is 0 Å². The van der Waals surface area contributed by atoms with Crippen LogP contribution in [0.4, 0.5) is 13.2 Å². The van der Waals surface area contributed by atoms with Gasteiger partial charge in [-0.1, -0.05) is 30.7 Å². The van der Waals surface area contributed by atoms with Crippen molar-refractivity contribution in [1.29, 1.82) is 0 Å². The number of nitrogens with two attached hydrogens (primary N) is 1. The lowest BCUT2D eigenvalue weighted by Gasteiger charge is -2.18. The third kappa shape index (κ3) is 4.53. The number of thiophene rings is 1. The van der Waals surface area contributed by atoms with Crippen LogP contribution < -0.4 is 11.1 Å². The van der Waals surface area contributed by atoms with Crippen LogP contribution in [0.15, 0.2) is 36.5 Å². The van der Waals surface area contributed by atoms with Gasteiger partial charge in [0.25, 0.3) is 5.91 Å². The van der Waals surface area contributed by atoms with E-state index in [4.69, 9.17) is 17.3 Å². The van der Waals surface area contributed by atoms with Gasteiger partial charge in [-0.05, 0) is 30.2 Å². The monoisotopic (exact) mass is 456 g/mol. The summed E-state index contributed by atoms with van der Waals surface area (Å²) >= 11 is 7.55. The van der Waals surface area contributed by atoms with Crippen LogP contribution >= 0.6 is 22.9 Å². The fourth-order valence-electron chi connectivity index (χ4n) is 3.16. The molecule has 0 spiro atoms. The first-order valence-corrected chi connectivity index (χ1v) is 10.3. The van der Waals surface area contributed by atoms with E-state index in [9.17, 15) is 18.0 Å². The van der Waals surface area contributed by atoms with Crippen LogP contribution in [0.5, 0.6) is 0 Å². The SMILES string of the molecule is CCc1sc(C(=O)NC(CN)c2cccc(C(F)(F)F)c2)cc1-c1c(Cl)cnn1C. The number of hydrogen-bond acceptors (Lipinski definition) is 4. The number of rotatable bonds is 6. The normalized spacial score (nSPS) is 12.8. The van der Waals surface area contributed by atoms with E-state index in [0.29, 0.717) is 27.6 Å². The zero-order valence-electron chi connectivity index (χ0n) is 16.3. The molecule has 30 heavy (non-hydrogen) atoms. The Labute approximate surface area is 180 Å². The van der Waals surface area contributed by atoms with Crippen molar-refractivity contribution in [3.05, 3.63) is 62.4 Å². The van der Waals surface area contributed by atoms with E-state index in [2.05, 4.69) is 10.4 Å². The Bertz CT molecular complexity index is 1040. The number of carbonyl (C=O) groups is 1. The molecule has 0 saturated heterocycles. The lowest BCUT2D eigenvalue weighted by molar-refractivity contribution is -0.137. The molecule has 1 amide bonds. The fraction of sp³-hybridized carbons (Fsp3) is 0.300. The zero-order valence-corrected chi connectivity index (χ0v) is 17.8. The summed E-state index contributed by atoms with van der Waals surface area (Å²) in [5.74, 6) is -0.410. The van der Waals surface area contributed by atoms with Crippen LogP contribution in [0.3, 0.4) is 0 Å². The quantitative estimate of drug-likeness (QED) is 0.559. The summed E-state index contributed by atoms with van der Waals surface area (Å²) in [6, 6.07) is 5.77. The number of halogens is 4. The standard InChI is InChI=1S/C20H20ClF3N4OS/c1-3-16-13(18-14(21)10-26-28(18)2)8-17(30-16)19(29)27-15(9-25)11-5-4-6-12(7-11)20(22,23)24/h4-8,10,15H,3,9,25H2,1-2H3,(H,27,29). The number of carbonyl (C=O) groups excluding carboxylic acids is 1. The summed E-state index contributed by atoms with van der Waals surface area (Å²) in [5, 5.41) is 7.35. The van der Waals surface area contributed by atoms with Crippen LogP contribution in [0.1, 0.15) is 38.6 Å². The largest absolute Gasteiger partial charge is 0.416 e. The molecule has 1 atom stereocenters. The predicted molar refractivity (Wildman–Crippen MR) is 112 cm³/mol. The molecule has 3 aromatic rings. The first kappa shape index (κ1) is 22.3. The molecule has 0 aliphatic rings. The molecule has 0 saturated carbocycles. The maximum absolute atomic E-state index is 13.0. The van der Waals surface area contributed by atoms with Crippen molar-refractivity contribution in [2.45, 2.75) is 25.6 Å².